The molecule has 170 valence electrons. The molecule has 3 heterocycles. The van der Waals surface area contributed by atoms with Crippen molar-refractivity contribution in [3.63, 3.8) is 0 Å². The molecule has 1 atom stereocenters. The maximum absolute atomic E-state index is 12.6. The second kappa shape index (κ2) is 10.0. The van der Waals surface area contributed by atoms with Crippen molar-refractivity contribution in [2.75, 3.05) is 51.3 Å². The molecule has 0 bridgehead atoms. The van der Waals surface area contributed by atoms with Crippen molar-refractivity contribution in [3.8, 4) is 5.75 Å². The number of esters is 1. The number of likely N-dealkylation sites (tertiary alicyclic amines) is 1. The van der Waals surface area contributed by atoms with Crippen LogP contribution in [-0.2, 0) is 14.3 Å². The van der Waals surface area contributed by atoms with Gasteiger partial charge in [-0.25, -0.2) is 4.79 Å². The number of carbonyl (C=O) groups excluding carboxylic acids is 3. The van der Waals surface area contributed by atoms with Gasteiger partial charge in [0.05, 0.1) is 12.0 Å². The Morgan fingerprint density at radius 1 is 1.03 bits per heavy atom. The van der Waals surface area contributed by atoms with E-state index in [1.807, 2.05) is 35.7 Å². The molecule has 2 fully saturated rings. The SMILES string of the molecule is COc1ccc(N2CCN(C(=O)COC(=O)[C@@H]3CCCN3C(=O)c3cccs3)CC2)cc1. The minimum absolute atomic E-state index is 0.152. The summed E-state index contributed by atoms with van der Waals surface area (Å²) < 4.78 is 10.5. The minimum atomic E-state index is -0.621. The number of hydrogen-bond acceptors (Lipinski definition) is 7. The van der Waals surface area contributed by atoms with Crippen LogP contribution in [0.15, 0.2) is 41.8 Å². The molecule has 2 aromatic rings. The first-order valence-electron chi connectivity index (χ1n) is 10.7. The van der Waals surface area contributed by atoms with Crippen molar-refractivity contribution < 1.29 is 23.9 Å². The van der Waals surface area contributed by atoms with Crippen molar-refractivity contribution in [2.45, 2.75) is 18.9 Å². The number of benzene rings is 1. The van der Waals surface area contributed by atoms with Crippen LogP contribution in [0.5, 0.6) is 5.75 Å². The summed E-state index contributed by atoms with van der Waals surface area (Å²) in [5, 5.41) is 1.84. The molecule has 2 aliphatic heterocycles. The first-order valence-corrected chi connectivity index (χ1v) is 11.6. The number of nitrogens with zero attached hydrogens (tertiary/aromatic N) is 3. The van der Waals surface area contributed by atoms with Gasteiger partial charge in [-0.05, 0) is 48.6 Å². The molecule has 2 amide bonds. The molecule has 0 N–H and O–H groups in total. The van der Waals surface area contributed by atoms with E-state index in [4.69, 9.17) is 9.47 Å². The molecule has 0 spiro atoms. The van der Waals surface area contributed by atoms with Gasteiger partial charge >= 0.3 is 5.97 Å². The number of amides is 2. The van der Waals surface area contributed by atoms with Crippen LogP contribution in [0.2, 0.25) is 0 Å². The van der Waals surface area contributed by atoms with E-state index >= 15 is 0 Å². The lowest BCUT2D eigenvalue weighted by Crippen LogP contribution is -2.50. The van der Waals surface area contributed by atoms with Crippen molar-refractivity contribution >= 4 is 34.8 Å². The largest absolute Gasteiger partial charge is 0.497 e. The van der Waals surface area contributed by atoms with Gasteiger partial charge < -0.3 is 24.2 Å². The molecule has 2 saturated heterocycles. The zero-order valence-corrected chi connectivity index (χ0v) is 18.9. The quantitative estimate of drug-likeness (QED) is 0.619. The number of anilines is 1. The standard InChI is InChI=1S/C23H27N3O5S/c1-30-18-8-6-17(7-9-18)24-11-13-25(14-12-24)21(27)16-31-23(29)19-4-2-10-26(19)22(28)20-5-3-15-32-20/h3,5-9,15,19H,2,4,10-14,16H2,1H3/t19-/m0/s1. The molecular weight excluding hydrogens is 430 g/mol. The van der Waals surface area contributed by atoms with Gasteiger partial charge in [0.25, 0.3) is 11.8 Å². The fourth-order valence-corrected chi connectivity index (χ4v) is 4.80. The first-order chi connectivity index (χ1) is 15.6. The average molecular weight is 458 g/mol. The van der Waals surface area contributed by atoms with Gasteiger partial charge in [0, 0.05) is 38.4 Å². The summed E-state index contributed by atoms with van der Waals surface area (Å²) in [6.07, 6.45) is 1.31. The fraction of sp³-hybridized carbons (Fsp3) is 0.435. The van der Waals surface area contributed by atoms with Crippen LogP contribution in [-0.4, -0.2) is 80.1 Å². The molecule has 1 aromatic carbocycles. The first kappa shape index (κ1) is 22.1. The summed E-state index contributed by atoms with van der Waals surface area (Å²) in [6, 6.07) is 10.8. The van der Waals surface area contributed by atoms with Gasteiger partial charge in [-0.3, -0.25) is 9.59 Å². The van der Waals surface area contributed by atoms with E-state index in [9.17, 15) is 14.4 Å². The van der Waals surface area contributed by atoms with Crippen LogP contribution >= 0.6 is 11.3 Å². The second-order valence-electron chi connectivity index (χ2n) is 7.81. The molecule has 8 nitrogen and oxygen atoms in total. The van der Waals surface area contributed by atoms with Crippen LogP contribution < -0.4 is 9.64 Å². The average Bonchev–Trinajstić information content (AvgIpc) is 3.55. The lowest BCUT2D eigenvalue weighted by Gasteiger charge is -2.36. The summed E-state index contributed by atoms with van der Waals surface area (Å²) >= 11 is 1.35. The van der Waals surface area contributed by atoms with Crippen molar-refractivity contribution in [2.24, 2.45) is 0 Å². The highest BCUT2D eigenvalue weighted by molar-refractivity contribution is 7.12. The molecule has 4 rings (SSSR count). The third kappa shape index (κ3) is 4.88. The maximum atomic E-state index is 12.6. The van der Waals surface area contributed by atoms with Crippen LogP contribution in [0, 0.1) is 0 Å². The molecule has 1 aromatic heterocycles. The second-order valence-corrected chi connectivity index (χ2v) is 8.76. The number of thiophene rings is 1. The maximum Gasteiger partial charge on any atom is 0.329 e. The van der Waals surface area contributed by atoms with E-state index in [2.05, 4.69) is 4.90 Å². The molecule has 32 heavy (non-hydrogen) atoms. The molecule has 0 aliphatic carbocycles. The van der Waals surface area contributed by atoms with Gasteiger partial charge in [-0.1, -0.05) is 6.07 Å². The molecular formula is C23H27N3O5S. The number of carbonyl (C=O) groups is 3. The van der Waals surface area contributed by atoms with Gasteiger partial charge in [0.15, 0.2) is 6.61 Å². The van der Waals surface area contributed by atoms with Crippen LogP contribution in [0.3, 0.4) is 0 Å². The number of ether oxygens (including phenoxy) is 2. The predicted octanol–water partition coefficient (Wildman–Crippen LogP) is 2.25. The smallest absolute Gasteiger partial charge is 0.329 e. The normalized spacial score (nSPS) is 18.5. The fourth-order valence-electron chi connectivity index (χ4n) is 4.12. The molecule has 0 unspecified atom stereocenters. The Morgan fingerprint density at radius 2 is 1.78 bits per heavy atom. The van der Waals surface area contributed by atoms with Gasteiger partial charge in [-0.15, -0.1) is 11.3 Å². The zero-order valence-electron chi connectivity index (χ0n) is 18.1. The third-order valence-electron chi connectivity index (χ3n) is 5.93. The topological polar surface area (TPSA) is 79.4 Å². The summed E-state index contributed by atoms with van der Waals surface area (Å²) in [7, 11) is 1.64. The van der Waals surface area contributed by atoms with Crippen LogP contribution in [0.1, 0.15) is 22.5 Å². The third-order valence-corrected chi connectivity index (χ3v) is 6.78. The highest BCUT2D eigenvalue weighted by atomic mass is 32.1. The van der Waals surface area contributed by atoms with E-state index in [-0.39, 0.29) is 18.4 Å². The van der Waals surface area contributed by atoms with E-state index in [0.717, 1.165) is 17.9 Å². The summed E-state index contributed by atoms with van der Waals surface area (Å²) in [5.41, 5.74) is 1.08. The predicted molar refractivity (Wildman–Crippen MR) is 121 cm³/mol. The summed E-state index contributed by atoms with van der Waals surface area (Å²) in [5.74, 6) is -0.0535. The summed E-state index contributed by atoms with van der Waals surface area (Å²) in [6.45, 7) is 2.77. The Morgan fingerprint density at radius 3 is 2.44 bits per heavy atom. The molecule has 0 saturated carbocycles. The zero-order chi connectivity index (χ0) is 22.5. The Kier molecular flexibility index (Phi) is 6.94. The van der Waals surface area contributed by atoms with E-state index in [1.165, 1.54) is 11.3 Å². The van der Waals surface area contributed by atoms with Crippen molar-refractivity contribution in [1.29, 1.82) is 0 Å². The Bertz CT molecular complexity index is 939. The number of hydrogen-bond donors (Lipinski definition) is 0. The molecule has 9 heteroatoms. The summed E-state index contributed by atoms with van der Waals surface area (Å²) in [4.78, 5) is 43.9. The van der Waals surface area contributed by atoms with E-state index < -0.39 is 12.0 Å². The number of piperazine rings is 1. The monoisotopic (exact) mass is 457 g/mol. The Labute approximate surface area is 191 Å². The molecule has 2 aliphatic rings. The van der Waals surface area contributed by atoms with Gasteiger partial charge in [-0.2, -0.15) is 0 Å². The van der Waals surface area contributed by atoms with Gasteiger partial charge in [0.2, 0.25) is 0 Å². The number of methoxy groups -OCH3 is 1. The molecule has 0 radical (unpaired) electrons. The lowest BCUT2D eigenvalue weighted by atomic mass is 10.2. The minimum Gasteiger partial charge on any atom is -0.497 e. The highest BCUT2D eigenvalue weighted by Crippen LogP contribution is 2.23. The van der Waals surface area contributed by atoms with Crippen LogP contribution in [0.4, 0.5) is 5.69 Å². The van der Waals surface area contributed by atoms with Gasteiger partial charge in [0.1, 0.15) is 11.8 Å². The number of rotatable bonds is 6. The highest BCUT2D eigenvalue weighted by Gasteiger charge is 2.36. The van der Waals surface area contributed by atoms with E-state index in [0.29, 0.717) is 44.0 Å². The van der Waals surface area contributed by atoms with Crippen LogP contribution in [0.25, 0.3) is 0 Å². The van der Waals surface area contributed by atoms with Crippen molar-refractivity contribution in [1.82, 2.24) is 9.80 Å². The van der Waals surface area contributed by atoms with Crippen molar-refractivity contribution in [3.05, 3.63) is 46.7 Å². The van der Waals surface area contributed by atoms with E-state index in [1.54, 1.807) is 23.0 Å². The Hall–Kier alpha value is -3.07. The lowest BCUT2D eigenvalue weighted by molar-refractivity contribution is -0.155. The Balaban J connectivity index is 1.25.